The van der Waals surface area contributed by atoms with E-state index in [1.165, 1.54) is 6.07 Å². The van der Waals surface area contributed by atoms with Gasteiger partial charge in [0.2, 0.25) is 0 Å². The number of hydrogen-bond donors (Lipinski definition) is 0. The number of halogens is 1. The molecule has 0 amide bonds. The molecule has 0 N–H and O–H groups in total. The van der Waals surface area contributed by atoms with E-state index in [-0.39, 0.29) is 11.7 Å². The Kier molecular flexibility index (Phi) is 4.00. The zero-order chi connectivity index (χ0) is 21.1. The average molecular weight is 416 g/mol. The van der Waals surface area contributed by atoms with E-state index in [9.17, 15) is 4.39 Å². The van der Waals surface area contributed by atoms with Crippen molar-refractivity contribution in [3.8, 4) is 22.6 Å². The Morgan fingerprint density at radius 2 is 1.87 bits per heavy atom. The van der Waals surface area contributed by atoms with Crippen LogP contribution in [0.1, 0.15) is 34.0 Å². The summed E-state index contributed by atoms with van der Waals surface area (Å²) in [7, 11) is 0. The Hall–Kier alpha value is -3.48. The van der Waals surface area contributed by atoms with E-state index >= 15 is 0 Å². The lowest BCUT2D eigenvalue weighted by molar-refractivity contribution is 0.246. The van der Waals surface area contributed by atoms with Gasteiger partial charge in [-0.15, -0.1) is 10.2 Å². The number of nitrogens with zero attached hydrogens (tertiary/aromatic N) is 4. The largest absolute Gasteiger partial charge is 0.493 e. The molecule has 4 aromatic rings. The van der Waals surface area contributed by atoms with Crippen LogP contribution in [-0.4, -0.2) is 32.8 Å². The maximum absolute atomic E-state index is 14.8. The van der Waals surface area contributed by atoms with Gasteiger partial charge in [0.05, 0.1) is 24.8 Å². The van der Waals surface area contributed by atoms with Crippen LogP contribution in [0.5, 0.6) is 11.5 Å². The lowest BCUT2D eigenvalue weighted by Gasteiger charge is -2.17. The molecule has 0 saturated heterocycles. The summed E-state index contributed by atoms with van der Waals surface area (Å²) in [6.07, 6.45) is 4.74. The SMILES string of the molecule is Cc1cc(C)c(-c2cc3c(n4cnnc24)CCc2c(F)ccc4c2[C@H](CO4)CO3)cn1. The van der Waals surface area contributed by atoms with Crippen molar-refractivity contribution in [2.75, 3.05) is 13.2 Å². The molecule has 6 rings (SSSR count). The highest BCUT2D eigenvalue weighted by molar-refractivity contribution is 5.80. The van der Waals surface area contributed by atoms with Gasteiger partial charge in [-0.3, -0.25) is 9.38 Å². The fourth-order valence-electron chi connectivity index (χ4n) is 4.84. The first kappa shape index (κ1) is 18.3. The molecule has 0 radical (unpaired) electrons. The van der Waals surface area contributed by atoms with E-state index in [2.05, 4.69) is 28.2 Å². The molecular formula is C24H21FN4O2. The predicted octanol–water partition coefficient (Wildman–Crippen LogP) is 4.20. The first-order valence-corrected chi connectivity index (χ1v) is 10.5. The van der Waals surface area contributed by atoms with Crippen LogP contribution in [0, 0.1) is 19.7 Å². The molecule has 3 aromatic heterocycles. The number of aromatic nitrogens is 4. The third kappa shape index (κ3) is 2.80. The summed E-state index contributed by atoms with van der Waals surface area (Å²) in [5, 5.41) is 8.55. The highest BCUT2D eigenvalue weighted by Crippen LogP contribution is 2.41. The van der Waals surface area contributed by atoms with Crippen LogP contribution < -0.4 is 9.47 Å². The second-order valence-electron chi connectivity index (χ2n) is 8.29. The third-order valence-electron chi connectivity index (χ3n) is 6.34. The average Bonchev–Trinajstić information content (AvgIpc) is 3.40. The summed E-state index contributed by atoms with van der Waals surface area (Å²) >= 11 is 0. The minimum Gasteiger partial charge on any atom is -0.493 e. The molecule has 7 heteroatoms. The van der Waals surface area contributed by atoms with Gasteiger partial charge < -0.3 is 9.47 Å². The molecule has 2 aliphatic rings. The first-order chi connectivity index (χ1) is 15.1. The minimum absolute atomic E-state index is 0.00878. The summed E-state index contributed by atoms with van der Waals surface area (Å²) in [4.78, 5) is 4.48. The maximum Gasteiger partial charge on any atom is 0.169 e. The van der Waals surface area contributed by atoms with Crippen molar-refractivity contribution in [3.05, 3.63) is 70.7 Å². The van der Waals surface area contributed by atoms with Crippen molar-refractivity contribution in [2.45, 2.75) is 32.6 Å². The van der Waals surface area contributed by atoms with Gasteiger partial charge in [-0.1, -0.05) is 0 Å². The fraction of sp³-hybridized carbons (Fsp3) is 0.292. The van der Waals surface area contributed by atoms with Crippen LogP contribution in [0.15, 0.2) is 36.8 Å². The van der Waals surface area contributed by atoms with Crippen molar-refractivity contribution in [1.29, 1.82) is 0 Å². The van der Waals surface area contributed by atoms with Crippen LogP contribution in [-0.2, 0) is 12.8 Å². The molecule has 0 bridgehead atoms. The van der Waals surface area contributed by atoms with E-state index in [0.29, 0.717) is 26.1 Å². The third-order valence-corrected chi connectivity index (χ3v) is 6.34. The van der Waals surface area contributed by atoms with Gasteiger partial charge in [0.25, 0.3) is 0 Å². The van der Waals surface area contributed by atoms with E-state index in [1.807, 2.05) is 23.6 Å². The number of ether oxygens (including phenoxy) is 2. The van der Waals surface area contributed by atoms with Crippen molar-refractivity contribution in [2.24, 2.45) is 0 Å². The van der Waals surface area contributed by atoms with Crippen molar-refractivity contribution >= 4 is 5.65 Å². The Morgan fingerprint density at radius 3 is 2.71 bits per heavy atom. The van der Waals surface area contributed by atoms with Crippen LogP contribution in [0.2, 0.25) is 0 Å². The minimum atomic E-state index is -0.185. The molecule has 5 heterocycles. The molecule has 0 unspecified atom stereocenters. The van der Waals surface area contributed by atoms with Gasteiger partial charge in [-0.25, -0.2) is 4.39 Å². The number of benzene rings is 1. The Morgan fingerprint density at radius 1 is 1.03 bits per heavy atom. The summed E-state index contributed by atoms with van der Waals surface area (Å²) in [6, 6.07) is 7.31. The fourth-order valence-corrected chi connectivity index (χ4v) is 4.84. The van der Waals surface area contributed by atoms with Gasteiger partial charge in [-0.05, 0) is 62.1 Å². The summed E-state index contributed by atoms with van der Waals surface area (Å²) < 4.78 is 28.9. The van der Waals surface area contributed by atoms with E-state index in [4.69, 9.17) is 9.47 Å². The molecular weight excluding hydrogens is 395 g/mol. The van der Waals surface area contributed by atoms with Gasteiger partial charge in [-0.2, -0.15) is 0 Å². The van der Waals surface area contributed by atoms with Crippen LogP contribution in [0.4, 0.5) is 4.39 Å². The predicted molar refractivity (Wildman–Crippen MR) is 113 cm³/mol. The molecule has 0 saturated carbocycles. The smallest absolute Gasteiger partial charge is 0.169 e. The monoisotopic (exact) mass is 416 g/mol. The van der Waals surface area contributed by atoms with Gasteiger partial charge >= 0.3 is 0 Å². The number of fused-ring (bicyclic) bond motifs is 3. The summed E-state index contributed by atoms with van der Waals surface area (Å²) in [5.74, 6) is 1.36. The summed E-state index contributed by atoms with van der Waals surface area (Å²) in [6.45, 7) is 4.97. The molecule has 156 valence electrons. The number of pyridine rings is 2. The highest BCUT2D eigenvalue weighted by Gasteiger charge is 2.31. The van der Waals surface area contributed by atoms with E-state index in [0.717, 1.165) is 56.4 Å². The lowest BCUT2D eigenvalue weighted by atomic mass is 9.93. The molecule has 1 aromatic carbocycles. The molecule has 1 atom stereocenters. The van der Waals surface area contributed by atoms with Crippen molar-refractivity contribution in [3.63, 3.8) is 0 Å². The number of rotatable bonds is 1. The van der Waals surface area contributed by atoms with Gasteiger partial charge in [0.15, 0.2) is 5.65 Å². The summed E-state index contributed by atoms with van der Waals surface area (Å²) in [5.41, 5.74) is 7.37. The van der Waals surface area contributed by atoms with E-state index < -0.39 is 0 Å². The second-order valence-corrected chi connectivity index (χ2v) is 8.29. The normalized spacial score (nSPS) is 17.2. The standard InChI is InChI=1S/C24H21FN4O2/c1-13-7-14(2)26-9-18(13)17-8-22-20(29-12-27-28-24(17)29)5-3-16-19(25)4-6-21-23(16)15(10-30-21)11-31-22/h4,6-9,12,15H,3,5,10-11H2,1-2H3/t15-/m1/s1. The Bertz CT molecular complexity index is 1350. The van der Waals surface area contributed by atoms with Crippen LogP contribution >= 0.6 is 0 Å². The van der Waals surface area contributed by atoms with Crippen LogP contribution in [0.25, 0.3) is 16.8 Å². The van der Waals surface area contributed by atoms with Gasteiger partial charge in [0.1, 0.15) is 23.6 Å². The topological polar surface area (TPSA) is 61.5 Å². The highest BCUT2D eigenvalue weighted by atomic mass is 19.1. The maximum atomic E-state index is 14.8. The zero-order valence-corrected chi connectivity index (χ0v) is 17.4. The molecule has 0 spiro atoms. The van der Waals surface area contributed by atoms with Gasteiger partial charge in [0, 0.05) is 28.6 Å². The number of aryl methyl sites for hydroxylation is 3. The molecule has 2 aliphatic heterocycles. The quantitative estimate of drug-likeness (QED) is 0.465. The van der Waals surface area contributed by atoms with Crippen molar-refractivity contribution in [1.82, 2.24) is 19.6 Å². The Balaban J connectivity index is 1.53. The van der Waals surface area contributed by atoms with E-state index in [1.54, 1.807) is 12.4 Å². The molecule has 6 nitrogen and oxygen atoms in total. The first-order valence-electron chi connectivity index (χ1n) is 10.5. The van der Waals surface area contributed by atoms with Crippen LogP contribution in [0.3, 0.4) is 0 Å². The van der Waals surface area contributed by atoms with Crippen molar-refractivity contribution < 1.29 is 13.9 Å². The molecule has 0 fully saturated rings. The Labute approximate surface area is 178 Å². The lowest BCUT2D eigenvalue weighted by Crippen LogP contribution is -2.13. The molecule has 0 aliphatic carbocycles. The second kappa shape index (κ2) is 6.77. The zero-order valence-electron chi connectivity index (χ0n) is 17.4. The number of hydrogen-bond acceptors (Lipinski definition) is 5. The molecule has 31 heavy (non-hydrogen) atoms.